The zero-order chi connectivity index (χ0) is 15.7. The minimum absolute atomic E-state index is 0.0572. The molecule has 0 radical (unpaired) electrons. The number of sulfonamides is 1. The van der Waals surface area contributed by atoms with E-state index in [9.17, 15) is 18.5 Å². The van der Waals surface area contributed by atoms with Crippen LogP contribution in [0.4, 0.5) is 5.69 Å². The van der Waals surface area contributed by atoms with Gasteiger partial charge in [-0.15, -0.1) is 0 Å². The molecule has 0 bridgehead atoms. The van der Waals surface area contributed by atoms with Gasteiger partial charge in [-0.3, -0.25) is 10.1 Å². The molecule has 0 atom stereocenters. The van der Waals surface area contributed by atoms with Crippen LogP contribution in [-0.4, -0.2) is 25.4 Å². The van der Waals surface area contributed by atoms with Crippen LogP contribution in [0.15, 0.2) is 23.1 Å². The first-order chi connectivity index (χ1) is 9.80. The Labute approximate surface area is 127 Å². The third-order valence-corrected chi connectivity index (χ3v) is 5.78. The Kier molecular flexibility index (Phi) is 4.52. The maximum absolute atomic E-state index is 12.5. The third kappa shape index (κ3) is 3.34. The van der Waals surface area contributed by atoms with E-state index in [4.69, 9.17) is 17.3 Å². The number of benzene rings is 1. The highest BCUT2D eigenvalue weighted by Gasteiger charge is 2.37. The van der Waals surface area contributed by atoms with Crippen molar-refractivity contribution in [3.63, 3.8) is 0 Å². The molecule has 0 amide bonds. The van der Waals surface area contributed by atoms with Gasteiger partial charge in [-0.1, -0.05) is 24.4 Å². The van der Waals surface area contributed by atoms with Crippen LogP contribution in [0.1, 0.15) is 25.7 Å². The molecule has 0 aromatic heterocycles. The highest BCUT2D eigenvalue weighted by molar-refractivity contribution is 7.89. The van der Waals surface area contributed by atoms with E-state index in [0.717, 1.165) is 25.0 Å². The third-order valence-electron chi connectivity index (χ3n) is 3.72. The summed E-state index contributed by atoms with van der Waals surface area (Å²) in [5.41, 5.74) is 4.69. The molecule has 9 heteroatoms. The molecule has 2 rings (SSSR count). The van der Waals surface area contributed by atoms with Crippen molar-refractivity contribution in [2.75, 3.05) is 6.54 Å². The van der Waals surface area contributed by atoms with Gasteiger partial charge in [-0.2, -0.15) is 0 Å². The quantitative estimate of drug-likeness (QED) is 0.629. The van der Waals surface area contributed by atoms with Crippen molar-refractivity contribution in [1.29, 1.82) is 0 Å². The van der Waals surface area contributed by atoms with Crippen LogP contribution in [-0.2, 0) is 10.0 Å². The van der Waals surface area contributed by atoms with Crippen molar-refractivity contribution in [2.24, 2.45) is 5.73 Å². The van der Waals surface area contributed by atoms with Crippen LogP contribution in [0.2, 0.25) is 5.02 Å². The van der Waals surface area contributed by atoms with Gasteiger partial charge in [-0.25, -0.2) is 13.1 Å². The molecule has 1 aliphatic carbocycles. The smallest absolute Gasteiger partial charge is 0.270 e. The summed E-state index contributed by atoms with van der Waals surface area (Å²) in [6.45, 7) is 0.179. The number of non-ortho nitro benzene ring substituents is 1. The Morgan fingerprint density at radius 2 is 2.00 bits per heavy atom. The van der Waals surface area contributed by atoms with Gasteiger partial charge in [0.05, 0.1) is 9.95 Å². The molecule has 0 unspecified atom stereocenters. The summed E-state index contributed by atoms with van der Waals surface area (Å²) < 4.78 is 27.5. The number of halogens is 1. The van der Waals surface area contributed by atoms with Gasteiger partial charge in [0.15, 0.2) is 0 Å². The molecule has 1 aliphatic rings. The van der Waals surface area contributed by atoms with E-state index in [2.05, 4.69) is 4.72 Å². The Hall–Kier alpha value is -1.22. The van der Waals surface area contributed by atoms with Crippen molar-refractivity contribution in [3.05, 3.63) is 33.3 Å². The Balaban J connectivity index is 2.39. The van der Waals surface area contributed by atoms with Crippen LogP contribution < -0.4 is 10.5 Å². The largest absolute Gasteiger partial charge is 0.329 e. The van der Waals surface area contributed by atoms with Crippen molar-refractivity contribution in [1.82, 2.24) is 4.72 Å². The van der Waals surface area contributed by atoms with Crippen LogP contribution in [0.25, 0.3) is 0 Å². The topological polar surface area (TPSA) is 115 Å². The van der Waals surface area contributed by atoms with Crippen molar-refractivity contribution in [2.45, 2.75) is 36.1 Å². The number of nitro benzene ring substituents is 1. The summed E-state index contributed by atoms with van der Waals surface area (Å²) >= 11 is 5.89. The molecule has 116 valence electrons. The van der Waals surface area contributed by atoms with Crippen molar-refractivity contribution < 1.29 is 13.3 Å². The fourth-order valence-corrected chi connectivity index (χ4v) is 4.54. The van der Waals surface area contributed by atoms with Gasteiger partial charge in [0.2, 0.25) is 10.0 Å². The molecule has 0 spiro atoms. The average molecular weight is 334 g/mol. The number of nitrogens with zero attached hydrogens (tertiary/aromatic N) is 1. The van der Waals surface area contributed by atoms with E-state index >= 15 is 0 Å². The van der Waals surface area contributed by atoms with E-state index in [0.29, 0.717) is 12.8 Å². The molecule has 0 aliphatic heterocycles. The van der Waals surface area contributed by atoms with Gasteiger partial charge in [0, 0.05) is 24.2 Å². The lowest BCUT2D eigenvalue weighted by molar-refractivity contribution is -0.385. The lowest BCUT2D eigenvalue weighted by Gasteiger charge is -2.28. The number of rotatable bonds is 5. The van der Waals surface area contributed by atoms with Gasteiger partial charge < -0.3 is 5.73 Å². The standard InChI is InChI=1S/C12H16ClN3O4S/c13-10-4-3-9(16(17)18)7-11(10)21(19,20)15-12(8-14)5-1-2-6-12/h3-4,7,15H,1-2,5-6,8,14H2. The van der Waals surface area contributed by atoms with Gasteiger partial charge in [-0.05, 0) is 18.9 Å². The maximum Gasteiger partial charge on any atom is 0.270 e. The lowest BCUT2D eigenvalue weighted by atomic mass is 10.0. The monoisotopic (exact) mass is 333 g/mol. The summed E-state index contributed by atoms with van der Waals surface area (Å²) in [5.74, 6) is 0. The molecule has 1 fully saturated rings. The number of nitrogens with two attached hydrogens (primary N) is 1. The normalized spacial score (nSPS) is 17.8. The molecular weight excluding hydrogens is 318 g/mol. The first-order valence-corrected chi connectivity index (χ1v) is 8.34. The fourth-order valence-electron chi connectivity index (χ4n) is 2.55. The Bertz CT molecular complexity index is 656. The fraction of sp³-hybridized carbons (Fsp3) is 0.500. The molecule has 0 saturated heterocycles. The summed E-state index contributed by atoms with van der Waals surface area (Å²) in [6.07, 6.45) is 3.08. The zero-order valence-corrected chi connectivity index (χ0v) is 12.8. The molecule has 7 nitrogen and oxygen atoms in total. The van der Waals surface area contributed by atoms with E-state index in [1.165, 1.54) is 6.07 Å². The van der Waals surface area contributed by atoms with Crippen LogP contribution in [0.5, 0.6) is 0 Å². The van der Waals surface area contributed by atoms with E-state index < -0.39 is 20.5 Å². The second kappa shape index (κ2) is 5.88. The first kappa shape index (κ1) is 16.2. The van der Waals surface area contributed by atoms with E-state index in [1.807, 2.05) is 0 Å². The molecule has 1 saturated carbocycles. The van der Waals surface area contributed by atoms with Gasteiger partial charge in [0.25, 0.3) is 5.69 Å². The summed E-state index contributed by atoms with van der Waals surface area (Å²) in [7, 11) is -3.97. The number of hydrogen-bond donors (Lipinski definition) is 2. The SMILES string of the molecule is NCC1(NS(=O)(=O)c2cc([N+](=O)[O-])ccc2Cl)CCCC1. The maximum atomic E-state index is 12.5. The van der Waals surface area contributed by atoms with Crippen molar-refractivity contribution in [3.8, 4) is 0 Å². The second-order valence-corrected chi connectivity index (χ2v) is 7.23. The molecule has 3 N–H and O–H groups in total. The van der Waals surface area contributed by atoms with Crippen LogP contribution >= 0.6 is 11.6 Å². The van der Waals surface area contributed by atoms with E-state index in [-0.39, 0.29) is 22.2 Å². The van der Waals surface area contributed by atoms with Crippen LogP contribution in [0.3, 0.4) is 0 Å². The predicted molar refractivity (Wildman–Crippen MR) is 78.7 cm³/mol. The van der Waals surface area contributed by atoms with Gasteiger partial charge >= 0.3 is 0 Å². The molecular formula is C12H16ClN3O4S. The lowest BCUT2D eigenvalue weighted by Crippen LogP contribution is -2.51. The minimum Gasteiger partial charge on any atom is -0.329 e. The summed E-state index contributed by atoms with van der Waals surface area (Å²) in [4.78, 5) is 9.83. The molecule has 0 heterocycles. The minimum atomic E-state index is -3.97. The summed E-state index contributed by atoms with van der Waals surface area (Å²) in [5, 5.41) is 10.7. The van der Waals surface area contributed by atoms with Gasteiger partial charge in [0.1, 0.15) is 4.90 Å². The second-order valence-electron chi connectivity index (χ2n) is 5.17. The zero-order valence-electron chi connectivity index (χ0n) is 11.2. The number of hydrogen-bond acceptors (Lipinski definition) is 5. The highest BCUT2D eigenvalue weighted by atomic mass is 35.5. The highest BCUT2D eigenvalue weighted by Crippen LogP contribution is 2.32. The van der Waals surface area contributed by atoms with Crippen molar-refractivity contribution >= 4 is 27.3 Å². The predicted octanol–water partition coefficient (Wildman–Crippen LogP) is 1.80. The Morgan fingerprint density at radius 3 is 2.52 bits per heavy atom. The summed E-state index contributed by atoms with van der Waals surface area (Å²) in [6, 6.07) is 3.33. The molecule has 1 aromatic carbocycles. The molecule has 21 heavy (non-hydrogen) atoms. The number of nitrogens with one attached hydrogen (secondary N) is 1. The van der Waals surface area contributed by atoms with Crippen LogP contribution in [0, 0.1) is 10.1 Å². The number of nitro groups is 1. The molecule has 1 aromatic rings. The Morgan fingerprint density at radius 1 is 1.38 bits per heavy atom. The average Bonchev–Trinajstić information content (AvgIpc) is 2.87. The first-order valence-electron chi connectivity index (χ1n) is 6.48. The van der Waals surface area contributed by atoms with E-state index in [1.54, 1.807) is 0 Å².